The van der Waals surface area contributed by atoms with Gasteiger partial charge < -0.3 is 15.4 Å². The number of thiocarbonyl (C=S) groups is 1. The van der Waals surface area contributed by atoms with Crippen molar-refractivity contribution < 1.29 is 9.66 Å². The number of halogens is 3. The van der Waals surface area contributed by atoms with E-state index in [1.54, 1.807) is 30.3 Å². The zero-order valence-electron chi connectivity index (χ0n) is 14.3. The Bertz CT molecular complexity index is 852. The highest BCUT2D eigenvalue weighted by molar-refractivity contribution is 7.97. The van der Waals surface area contributed by atoms with Gasteiger partial charge in [0.15, 0.2) is 5.11 Å². The van der Waals surface area contributed by atoms with Crippen LogP contribution in [0.2, 0.25) is 0 Å². The molecule has 2 aromatic carbocycles. The lowest BCUT2D eigenvalue weighted by molar-refractivity contribution is -0.387. The predicted octanol–water partition coefficient (Wildman–Crippen LogP) is 4.88. The van der Waals surface area contributed by atoms with Crippen LogP contribution in [0.25, 0.3) is 0 Å². The first-order valence-electron chi connectivity index (χ1n) is 7.65. The van der Waals surface area contributed by atoms with Crippen molar-refractivity contribution in [2.45, 2.75) is 14.9 Å². The number of nitrogens with one attached hydrogen (secondary N) is 3. The van der Waals surface area contributed by atoms with Crippen LogP contribution >= 0.6 is 59.0 Å². The maximum Gasteiger partial charge on any atom is 0.284 e. The van der Waals surface area contributed by atoms with Crippen LogP contribution in [0.5, 0.6) is 5.75 Å². The molecule has 7 nitrogen and oxygen atoms in total. The Morgan fingerprint density at radius 1 is 1.21 bits per heavy atom. The highest BCUT2D eigenvalue weighted by Gasteiger charge is 2.34. The standard InChI is InChI=1S/C16H15Cl3N4O3S2/c1-26-12-8-4-2-6-10(12)20-15(27)21-14(16(17,18)19)22-28-13-9-5-3-7-11(13)23(24)25/h2-9,14,22H,1H3,(H2,20,21,27)/t14-/m0/s1. The molecule has 0 saturated heterocycles. The molecule has 12 heteroatoms. The van der Waals surface area contributed by atoms with Crippen molar-refractivity contribution in [3.8, 4) is 5.75 Å². The van der Waals surface area contributed by atoms with Crippen LogP contribution in [0, 0.1) is 10.1 Å². The minimum absolute atomic E-state index is 0.0715. The van der Waals surface area contributed by atoms with Gasteiger partial charge in [0.1, 0.15) is 16.8 Å². The number of ether oxygens (including phenoxy) is 1. The minimum atomic E-state index is -1.80. The number of alkyl halides is 3. The summed E-state index contributed by atoms with van der Waals surface area (Å²) < 4.78 is 6.31. The van der Waals surface area contributed by atoms with Crippen LogP contribution in [-0.2, 0) is 0 Å². The van der Waals surface area contributed by atoms with Gasteiger partial charge in [0.2, 0.25) is 3.79 Å². The van der Waals surface area contributed by atoms with Crippen molar-refractivity contribution in [2.24, 2.45) is 0 Å². The second-order valence-electron chi connectivity index (χ2n) is 5.22. The van der Waals surface area contributed by atoms with Gasteiger partial charge in [0.05, 0.1) is 17.7 Å². The Hall–Kier alpha value is -1.49. The number of para-hydroxylation sites is 3. The van der Waals surface area contributed by atoms with Crippen LogP contribution in [0.1, 0.15) is 0 Å². The molecular weight excluding hydrogens is 467 g/mol. The molecule has 0 heterocycles. The number of benzene rings is 2. The van der Waals surface area contributed by atoms with Crippen LogP contribution in [0.15, 0.2) is 53.4 Å². The third-order valence-electron chi connectivity index (χ3n) is 3.31. The van der Waals surface area contributed by atoms with E-state index in [-0.39, 0.29) is 10.8 Å². The molecule has 0 aliphatic rings. The van der Waals surface area contributed by atoms with Crippen molar-refractivity contribution in [1.82, 2.24) is 10.0 Å². The minimum Gasteiger partial charge on any atom is -0.495 e. The average molecular weight is 482 g/mol. The van der Waals surface area contributed by atoms with E-state index in [9.17, 15) is 10.1 Å². The fraction of sp³-hybridized carbons (Fsp3) is 0.188. The lowest BCUT2D eigenvalue weighted by Gasteiger charge is -2.27. The summed E-state index contributed by atoms with van der Waals surface area (Å²) in [5.41, 5.74) is 0.551. The fourth-order valence-electron chi connectivity index (χ4n) is 2.03. The van der Waals surface area contributed by atoms with Crippen molar-refractivity contribution in [3.05, 3.63) is 58.6 Å². The first-order chi connectivity index (χ1) is 13.2. The van der Waals surface area contributed by atoms with Gasteiger partial charge in [0, 0.05) is 6.07 Å². The van der Waals surface area contributed by atoms with E-state index in [2.05, 4.69) is 15.4 Å². The summed E-state index contributed by atoms with van der Waals surface area (Å²) in [6.07, 6.45) is -0.961. The lowest BCUT2D eigenvalue weighted by atomic mass is 10.3. The smallest absolute Gasteiger partial charge is 0.284 e. The Kier molecular flexibility index (Phi) is 8.41. The van der Waals surface area contributed by atoms with Crippen LogP contribution in [-0.4, -0.2) is 27.1 Å². The Labute approximate surface area is 186 Å². The third kappa shape index (κ3) is 6.54. The molecule has 0 unspecified atom stereocenters. The molecule has 150 valence electrons. The van der Waals surface area contributed by atoms with Gasteiger partial charge in [0.25, 0.3) is 5.69 Å². The van der Waals surface area contributed by atoms with Gasteiger partial charge >= 0.3 is 0 Å². The van der Waals surface area contributed by atoms with Gasteiger partial charge in [-0.2, -0.15) is 0 Å². The molecule has 2 rings (SSSR count). The summed E-state index contributed by atoms with van der Waals surface area (Å²) in [6.45, 7) is 0. The Morgan fingerprint density at radius 3 is 2.50 bits per heavy atom. The quantitative estimate of drug-likeness (QED) is 0.129. The molecule has 0 aliphatic carbocycles. The molecule has 0 aromatic heterocycles. The van der Waals surface area contributed by atoms with E-state index in [4.69, 9.17) is 51.8 Å². The Morgan fingerprint density at radius 2 is 1.86 bits per heavy atom. The van der Waals surface area contributed by atoms with E-state index in [1.807, 2.05) is 12.1 Å². The maximum atomic E-state index is 11.1. The highest BCUT2D eigenvalue weighted by Crippen LogP contribution is 2.33. The molecule has 28 heavy (non-hydrogen) atoms. The van der Waals surface area contributed by atoms with Crippen LogP contribution < -0.4 is 20.1 Å². The molecule has 1 atom stereocenters. The summed E-state index contributed by atoms with van der Waals surface area (Å²) in [6, 6.07) is 13.4. The summed E-state index contributed by atoms with van der Waals surface area (Å²) in [7, 11) is 1.53. The zero-order valence-corrected chi connectivity index (χ0v) is 18.2. The predicted molar refractivity (Wildman–Crippen MR) is 119 cm³/mol. The van der Waals surface area contributed by atoms with Crippen molar-refractivity contribution >= 4 is 75.5 Å². The lowest BCUT2D eigenvalue weighted by Crippen LogP contribution is -2.52. The second kappa shape index (κ2) is 10.3. The molecule has 0 fully saturated rings. The number of anilines is 1. The number of nitrogens with zero attached hydrogens (tertiary/aromatic N) is 1. The second-order valence-corrected chi connectivity index (χ2v) is 8.87. The summed E-state index contributed by atoms with van der Waals surface area (Å²) in [5.74, 6) is 0.583. The zero-order chi connectivity index (χ0) is 20.7. The van der Waals surface area contributed by atoms with E-state index in [0.29, 0.717) is 16.3 Å². The van der Waals surface area contributed by atoms with Gasteiger partial charge in [-0.3, -0.25) is 10.1 Å². The highest BCUT2D eigenvalue weighted by atomic mass is 35.6. The number of nitro benzene ring substituents is 1. The number of rotatable bonds is 7. The number of hydrogen-bond donors (Lipinski definition) is 3. The SMILES string of the molecule is COc1ccccc1NC(=S)N[C@@H](NSc1ccccc1[N+](=O)[O-])C(Cl)(Cl)Cl. The number of nitro groups is 1. The van der Waals surface area contributed by atoms with E-state index >= 15 is 0 Å². The summed E-state index contributed by atoms with van der Waals surface area (Å²) in [5, 5.41) is 17.1. The molecule has 0 aliphatic heterocycles. The molecule has 3 N–H and O–H groups in total. The molecule has 0 amide bonds. The van der Waals surface area contributed by atoms with E-state index in [0.717, 1.165) is 11.9 Å². The molecule has 0 spiro atoms. The van der Waals surface area contributed by atoms with Gasteiger partial charge in [-0.05, 0) is 42.4 Å². The average Bonchev–Trinajstić information content (AvgIpc) is 2.64. The number of methoxy groups -OCH3 is 1. The molecule has 0 bridgehead atoms. The summed E-state index contributed by atoms with van der Waals surface area (Å²) in [4.78, 5) is 11.0. The first kappa shape index (κ1) is 22.8. The topological polar surface area (TPSA) is 88.5 Å². The van der Waals surface area contributed by atoms with E-state index < -0.39 is 14.9 Å². The normalized spacial score (nSPS) is 12.1. The van der Waals surface area contributed by atoms with Crippen molar-refractivity contribution in [1.29, 1.82) is 0 Å². The summed E-state index contributed by atoms with van der Waals surface area (Å²) >= 11 is 24.3. The Balaban J connectivity index is 2.08. The molecule has 2 aromatic rings. The van der Waals surface area contributed by atoms with E-state index in [1.165, 1.54) is 13.2 Å². The van der Waals surface area contributed by atoms with Crippen molar-refractivity contribution in [3.63, 3.8) is 0 Å². The largest absolute Gasteiger partial charge is 0.495 e. The van der Waals surface area contributed by atoms with Gasteiger partial charge in [-0.1, -0.05) is 59.1 Å². The molecule has 0 radical (unpaired) electrons. The molecular formula is C16H15Cl3N4O3S2. The van der Waals surface area contributed by atoms with Crippen LogP contribution in [0.4, 0.5) is 11.4 Å². The van der Waals surface area contributed by atoms with Gasteiger partial charge in [-0.25, -0.2) is 4.72 Å². The van der Waals surface area contributed by atoms with Crippen molar-refractivity contribution in [2.75, 3.05) is 12.4 Å². The maximum absolute atomic E-state index is 11.1. The fourth-order valence-corrected chi connectivity index (χ4v) is 3.66. The van der Waals surface area contributed by atoms with Crippen LogP contribution in [0.3, 0.4) is 0 Å². The monoisotopic (exact) mass is 480 g/mol. The number of hydrogen-bond acceptors (Lipinski definition) is 6. The third-order valence-corrected chi connectivity index (χ3v) is 5.10. The first-order valence-corrected chi connectivity index (χ1v) is 10.0. The van der Waals surface area contributed by atoms with Gasteiger partial charge in [-0.15, -0.1) is 0 Å². The molecule has 0 saturated carbocycles.